The average molecular weight is 157 g/mol. The Bertz CT molecular complexity index is 365. The molecule has 0 spiro atoms. The molecule has 0 amide bonds. The van der Waals surface area contributed by atoms with Crippen LogP contribution in [0.15, 0.2) is 18.3 Å². The van der Waals surface area contributed by atoms with E-state index < -0.39 is 0 Å². The van der Waals surface area contributed by atoms with Gasteiger partial charge in [0.15, 0.2) is 0 Å². The first-order chi connectivity index (χ1) is 5.84. The molecule has 0 aliphatic heterocycles. The van der Waals surface area contributed by atoms with Gasteiger partial charge in [-0.2, -0.15) is 0 Å². The van der Waals surface area contributed by atoms with Gasteiger partial charge in [-0.1, -0.05) is 12.2 Å². The number of aromatic nitrogens is 1. The maximum absolute atomic E-state index is 4.29. The van der Waals surface area contributed by atoms with Gasteiger partial charge in [0.2, 0.25) is 0 Å². The van der Waals surface area contributed by atoms with Gasteiger partial charge in [-0.15, -0.1) is 0 Å². The van der Waals surface area contributed by atoms with Crippen molar-refractivity contribution in [2.45, 2.75) is 19.3 Å². The third kappa shape index (κ3) is 0.765. The Morgan fingerprint density at radius 3 is 3.33 bits per heavy atom. The van der Waals surface area contributed by atoms with Crippen LogP contribution in [0.1, 0.15) is 29.2 Å². The van der Waals surface area contributed by atoms with Crippen LogP contribution in [0.5, 0.6) is 0 Å². The zero-order valence-electron chi connectivity index (χ0n) is 7.12. The maximum atomic E-state index is 4.29. The van der Waals surface area contributed by atoms with Gasteiger partial charge in [0.25, 0.3) is 0 Å². The summed E-state index contributed by atoms with van der Waals surface area (Å²) in [7, 11) is 0. The molecule has 2 atom stereocenters. The Morgan fingerprint density at radius 2 is 2.42 bits per heavy atom. The van der Waals surface area contributed by atoms with Crippen LogP contribution in [-0.4, -0.2) is 4.98 Å². The first-order valence-corrected chi connectivity index (χ1v) is 4.49. The summed E-state index contributed by atoms with van der Waals surface area (Å²) in [4.78, 5) is 4.29. The fourth-order valence-electron chi connectivity index (χ4n) is 2.06. The van der Waals surface area contributed by atoms with E-state index in [-0.39, 0.29) is 0 Å². The highest BCUT2D eigenvalue weighted by molar-refractivity contribution is 5.60. The van der Waals surface area contributed by atoms with E-state index in [9.17, 15) is 0 Å². The Hall–Kier alpha value is -1.11. The molecule has 1 heterocycles. The van der Waals surface area contributed by atoms with Crippen molar-refractivity contribution in [3.8, 4) is 0 Å². The molecular weight excluding hydrogens is 146 g/mol. The summed E-state index contributed by atoms with van der Waals surface area (Å²) in [6.07, 6.45) is 7.89. The summed E-state index contributed by atoms with van der Waals surface area (Å²) in [6, 6.07) is 2.24. The van der Waals surface area contributed by atoms with Crippen molar-refractivity contribution in [1.29, 1.82) is 0 Å². The van der Waals surface area contributed by atoms with E-state index in [0.29, 0.717) is 0 Å². The standard InChI is InChI=1S/C11H11N/c1-7-4-10-9(6-12-7)3-2-8-5-11(8)10/h2-4,6,8,11H,5H2,1H3. The summed E-state index contributed by atoms with van der Waals surface area (Å²) in [6.45, 7) is 2.07. The topological polar surface area (TPSA) is 12.9 Å². The lowest BCUT2D eigenvalue weighted by atomic mass is 9.99. The summed E-state index contributed by atoms with van der Waals surface area (Å²) in [5, 5.41) is 0. The van der Waals surface area contributed by atoms with Crippen molar-refractivity contribution in [2.24, 2.45) is 5.92 Å². The number of nitrogens with zero attached hydrogens (tertiary/aromatic N) is 1. The maximum Gasteiger partial charge on any atom is 0.0375 e. The Labute approximate surface area is 72.1 Å². The minimum absolute atomic E-state index is 0.826. The molecule has 12 heavy (non-hydrogen) atoms. The second-order valence-corrected chi connectivity index (χ2v) is 3.82. The van der Waals surface area contributed by atoms with E-state index in [1.165, 1.54) is 17.5 Å². The zero-order valence-corrected chi connectivity index (χ0v) is 7.12. The molecule has 0 radical (unpaired) electrons. The minimum atomic E-state index is 0.826. The van der Waals surface area contributed by atoms with E-state index >= 15 is 0 Å². The number of hydrogen-bond donors (Lipinski definition) is 0. The smallest absolute Gasteiger partial charge is 0.0375 e. The molecule has 1 saturated carbocycles. The van der Waals surface area contributed by atoms with Crippen molar-refractivity contribution in [3.63, 3.8) is 0 Å². The SMILES string of the molecule is Cc1cc2c(cn1)C=CC1CC21. The molecule has 1 heteroatoms. The highest BCUT2D eigenvalue weighted by Gasteiger charge is 2.39. The van der Waals surface area contributed by atoms with Gasteiger partial charge >= 0.3 is 0 Å². The molecule has 2 aliphatic carbocycles. The van der Waals surface area contributed by atoms with Gasteiger partial charge < -0.3 is 0 Å². The monoisotopic (exact) mass is 157 g/mol. The van der Waals surface area contributed by atoms with Crippen LogP contribution in [0.2, 0.25) is 0 Å². The van der Waals surface area contributed by atoms with E-state index in [0.717, 1.165) is 17.5 Å². The summed E-state index contributed by atoms with van der Waals surface area (Å²) < 4.78 is 0. The van der Waals surface area contributed by atoms with Crippen molar-refractivity contribution in [3.05, 3.63) is 35.2 Å². The lowest BCUT2D eigenvalue weighted by Gasteiger charge is -2.09. The second kappa shape index (κ2) is 1.98. The molecule has 60 valence electrons. The average Bonchev–Trinajstić information content (AvgIpc) is 2.82. The Balaban J connectivity index is 2.22. The zero-order chi connectivity index (χ0) is 8.13. The van der Waals surface area contributed by atoms with Gasteiger partial charge in [-0.3, -0.25) is 4.98 Å². The van der Waals surface area contributed by atoms with Gasteiger partial charge in [0.1, 0.15) is 0 Å². The number of fused-ring (bicyclic) bond motifs is 3. The van der Waals surface area contributed by atoms with Crippen LogP contribution in [0.3, 0.4) is 0 Å². The van der Waals surface area contributed by atoms with Crippen LogP contribution in [-0.2, 0) is 0 Å². The first-order valence-electron chi connectivity index (χ1n) is 4.49. The van der Waals surface area contributed by atoms with Gasteiger partial charge in [-0.25, -0.2) is 0 Å². The fraction of sp³-hybridized carbons (Fsp3) is 0.364. The van der Waals surface area contributed by atoms with E-state index in [1.54, 1.807) is 0 Å². The molecule has 0 aromatic carbocycles. The van der Waals surface area contributed by atoms with Crippen molar-refractivity contribution in [1.82, 2.24) is 4.98 Å². The highest BCUT2D eigenvalue weighted by Crippen LogP contribution is 2.52. The molecular formula is C11H11N. The summed E-state index contributed by atoms with van der Waals surface area (Å²) in [5.74, 6) is 1.67. The number of hydrogen-bond acceptors (Lipinski definition) is 1. The molecule has 1 aromatic heterocycles. The van der Waals surface area contributed by atoms with Crippen LogP contribution in [0, 0.1) is 12.8 Å². The Morgan fingerprint density at radius 1 is 1.50 bits per heavy atom. The molecule has 1 fully saturated rings. The fourth-order valence-corrected chi connectivity index (χ4v) is 2.06. The second-order valence-electron chi connectivity index (χ2n) is 3.82. The minimum Gasteiger partial charge on any atom is -0.261 e. The van der Waals surface area contributed by atoms with E-state index in [2.05, 4.69) is 30.1 Å². The molecule has 2 aliphatic rings. The van der Waals surface area contributed by atoms with Crippen molar-refractivity contribution in [2.75, 3.05) is 0 Å². The van der Waals surface area contributed by atoms with Crippen LogP contribution in [0.25, 0.3) is 6.08 Å². The summed E-state index contributed by atoms with van der Waals surface area (Å²) >= 11 is 0. The molecule has 0 bridgehead atoms. The molecule has 3 rings (SSSR count). The third-order valence-corrected chi connectivity index (χ3v) is 2.87. The van der Waals surface area contributed by atoms with Crippen LogP contribution < -0.4 is 0 Å². The van der Waals surface area contributed by atoms with Crippen LogP contribution >= 0.6 is 0 Å². The number of aryl methyl sites for hydroxylation is 1. The quantitative estimate of drug-likeness (QED) is 0.564. The molecule has 1 nitrogen and oxygen atoms in total. The molecule has 0 N–H and O–H groups in total. The first kappa shape index (κ1) is 6.41. The lowest BCUT2D eigenvalue weighted by molar-refractivity contribution is 0.978. The lowest BCUT2D eigenvalue weighted by Crippen LogP contribution is -1.95. The van der Waals surface area contributed by atoms with Gasteiger partial charge in [0, 0.05) is 11.9 Å². The molecule has 1 aromatic rings. The number of pyridine rings is 1. The predicted molar refractivity (Wildman–Crippen MR) is 48.9 cm³/mol. The Kier molecular flexibility index (Phi) is 1.06. The number of rotatable bonds is 0. The van der Waals surface area contributed by atoms with Crippen LogP contribution in [0.4, 0.5) is 0 Å². The number of allylic oxidation sites excluding steroid dienone is 1. The van der Waals surface area contributed by atoms with E-state index in [1.807, 2.05) is 6.20 Å². The van der Waals surface area contributed by atoms with Crippen molar-refractivity contribution >= 4 is 6.08 Å². The normalized spacial score (nSPS) is 29.4. The largest absolute Gasteiger partial charge is 0.261 e. The predicted octanol–water partition coefficient (Wildman–Crippen LogP) is 2.52. The van der Waals surface area contributed by atoms with E-state index in [4.69, 9.17) is 0 Å². The van der Waals surface area contributed by atoms with Crippen molar-refractivity contribution < 1.29 is 0 Å². The van der Waals surface area contributed by atoms with Gasteiger partial charge in [0.05, 0.1) is 0 Å². The summed E-state index contributed by atoms with van der Waals surface area (Å²) in [5.41, 5.74) is 4.00. The molecule has 2 unspecified atom stereocenters. The third-order valence-electron chi connectivity index (χ3n) is 2.87. The van der Waals surface area contributed by atoms with Gasteiger partial charge in [-0.05, 0) is 42.4 Å². The highest BCUT2D eigenvalue weighted by atomic mass is 14.7. The molecule has 0 saturated heterocycles.